The van der Waals surface area contributed by atoms with E-state index in [1.807, 2.05) is 0 Å². The van der Waals surface area contributed by atoms with Crippen LogP contribution < -0.4 is 0 Å². The standard InChI is InChI=1S/C14H24O4/c1-6-11(15)16-8-7-14(4,5)12-17-9-13(2,3)10-18-12/h6,12H,1,7-10H2,2-5H3. The van der Waals surface area contributed by atoms with Gasteiger partial charge in [-0.2, -0.15) is 0 Å². The molecule has 0 bridgehead atoms. The maximum absolute atomic E-state index is 11.0. The van der Waals surface area contributed by atoms with Gasteiger partial charge in [-0.25, -0.2) is 4.79 Å². The van der Waals surface area contributed by atoms with E-state index in [-0.39, 0.29) is 17.1 Å². The van der Waals surface area contributed by atoms with Crippen molar-refractivity contribution in [1.82, 2.24) is 0 Å². The maximum atomic E-state index is 11.0. The molecule has 0 radical (unpaired) electrons. The van der Waals surface area contributed by atoms with Gasteiger partial charge >= 0.3 is 5.97 Å². The Morgan fingerprint density at radius 3 is 2.50 bits per heavy atom. The summed E-state index contributed by atoms with van der Waals surface area (Å²) < 4.78 is 16.5. The van der Waals surface area contributed by atoms with Gasteiger partial charge in [-0.1, -0.05) is 34.3 Å². The first-order chi connectivity index (χ1) is 8.27. The molecule has 1 rings (SSSR count). The number of esters is 1. The van der Waals surface area contributed by atoms with Gasteiger partial charge in [-0.05, 0) is 6.42 Å². The minimum Gasteiger partial charge on any atom is -0.463 e. The molecule has 0 aromatic heterocycles. The first-order valence-corrected chi connectivity index (χ1v) is 6.29. The van der Waals surface area contributed by atoms with E-state index in [9.17, 15) is 4.79 Å². The zero-order valence-electron chi connectivity index (χ0n) is 11.8. The Morgan fingerprint density at radius 1 is 1.44 bits per heavy atom. The number of hydrogen-bond acceptors (Lipinski definition) is 4. The Morgan fingerprint density at radius 2 is 2.00 bits per heavy atom. The van der Waals surface area contributed by atoms with Crippen LogP contribution in [0.15, 0.2) is 12.7 Å². The molecule has 0 aromatic carbocycles. The van der Waals surface area contributed by atoms with E-state index in [0.29, 0.717) is 26.2 Å². The summed E-state index contributed by atoms with van der Waals surface area (Å²) in [5.41, 5.74) is -0.111. The molecule has 0 aliphatic carbocycles. The van der Waals surface area contributed by atoms with E-state index < -0.39 is 5.97 Å². The topological polar surface area (TPSA) is 44.8 Å². The second-order valence-electron chi connectivity index (χ2n) is 6.23. The highest BCUT2D eigenvalue weighted by Crippen LogP contribution is 2.34. The molecule has 1 saturated heterocycles. The average Bonchev–Trinajstić information content (AvgIpc) is 2.28. The molecule has 0 atom stereocenters. The zero-order valence-corrected chi connectivity index (χ0v) is 11.8. The first-order valence-electron chi connectivity index (χ1n) is 6.29. The Bertz CT molecular complexity index is 297. The second-order valence-corrected chi connectivity index (χ2v) is 6.23. The van der Waals surface area contributed by atoms with Crippen molar-refractivity contribution < 1.29 is 19.0 Å². The van der Waals surface area contributed by atoms with Crippen LogP contribution in [-0.4, -0.2) is 32.1 Å². The van der Waals surface area contributed by atoms with Gasteiger partial charge in [0.05, 0.1) is 19.8 Å². The van der Waals surface area contributed by atoms with Crippen molar-refractivity contribution in [1.29, 1.82) is 0 Å². The van der Waals surface area contributed by atoms with Gasteiger partial charge < -0.3 is 14.2 Å². The normalized spacial score (nSPS) is 20.4. The molecule has 1 aliphatic rings. The number of ether oxygens (including phenoxy) is 3. The quantitative estimate of drug-likeness (QED) is 0.560. The molecule has 1 fully saturated rings. The Hall–Kier alpha value is -0.870. The van der Waals surface area contributed by atoms with Crippen LogP contribution in [0.5, 0.6) is 0 Å². The molecular formula is C14H24O4. The van der Waals surface area contributed by atoms with Crippen molar-refractivity contribution in [3.63, 3.8) is 0 Å². The van der Waals surface area contributed by atoms with Gasteiger partial charge in [0.15, 0.2) is 6.29 Å². The smallest absolute Gasteiger partial charge is 0.330 e. The summed E-state index contributed by atoms with van der Waals surface area (Å²) in [6, 6.07) is 0. The number of hydrogen-bond donors (Lipinski definition) is 0. The summed E-state index contributed by atoms with van der Waals surface area (Å²) in [5.74, 6) is -0.391. The van der Waals surface area contributed by atoms with Gasteiger partial charge in [0.25, 0.3) is 0 Å². The Labute approximate surface area is 109 Å². The maximum Gasteiger partial charge on any atom is 0.330 e. The molecule has 0 amide bonds. The van der Waals surface area contributed by atoms with E-state index in [2.05, 4.69) is 34.3 Å². The van der Waals surface area contributed by atoms with Crippen LogP contribution in [0.4, 0.5) is 0 Å². The molecule has 4 nitrogen and oxygen atoms in total. The van der Waals surface area contributed by atoms with Gasteiger partial charge in [-0.3, -0.25) is 0 Å². The molecule has 4 heteroatoms. The fourth-order valence-corrected chi connectivity index (χ4v) is 1.73. The monoisotopic (exact) mass is 256 g/mol. The first kappa shape index (κ1) is 15.2. The molecule has 1 heterocycles. The molecule has 104 valence electrons. The zero-order chi connectivity index (χ0) is 13.8. The van der Waals surface area contributed by atoms with Crippen molar-refractivity contribution in [2.75, 3.05) is 19.8 Å². The summed E-state index contributed by atoms with van der Waals surface area (Å²) in [5, 5.41) is 0. The number of rotatable bonds is 5. The lowest BCUT2D eigenvalue weighted by Gasteiger charge is -2.41. The lowest BCUT2D eigenvalue weighted by atomic mass is 9.87. The van der Waals surface area contributed by atoms with E-state index in [4.69, 9.17) is 14.2 Å². The summed E-state index contributed by atoms with van der Waals surface area (Å²) in [7, 11) is 0. The Balaban J connectivity index is 2.39. The van der Waals surface area contributed by atoms with Crippen LogP contribution in [0.25, 0.3) is 0 Å². The number of carbonyl (C=O) groups is 1. The molecule has 18 heavy (non-hydrogen) atoms. The van der Waals surface area contributed by atoms with Crippen LogP contribution in [0.1, 0.15) is 34.1 Å². The summed E-state index contributed by atoms with van der Waals surface area (Å²) in [6.07, 6.45) is 1.62. The summed E-state index contributed by atoms with van der Waals surface area (Å²) in [4.78, 5) is 11.0. The lowest BCUT2D eigenvalue weighted by Crippen LogP contribution is -2.45. The molecule has 0 saturated carbocycles. The SMILES string of the molecule is C=CC(=O)OCCC(C)(C)C1OCC(C)(C)CO1. The fourth-order valence-electron chi connectivity index (χ4n) is 1.73. The highest BCUT2D eigenvalue weighted by molar-refractivity contribution is 5.81. The van der Waals surface area contributed by atoms with Crippen molar-refractivity contribution >= 4 is 5.97 Å². The predicted molar refractivity (Wildman–Crippen MR) is 69.0 cm³/mol. The molecule has 0 N–H and O–H groups in total. The van der Waals surface area contributed by atoms with Crippen LogP contribution in [0, 0.1) is 10.8 Å². The van der Waals surface area contributed by atoms with E-state index in [0.717, 1.165) is 0 Å². The van der Waals surface area contributed by atoms with Crippen molar-refractivity contribution in [2.45, 2.75) is 40.4 Å². The third-order valence-electron chi connectivity index (χ3n) is 3.05. The summed E-state index contributed by atoms with van der Waals surface area (Å²) in [6.45, 7) is 13.4. The van der Waals surface area contributed by atoms with E-state index in [1.54, 1.807) is 0 Å². The van der Waals surface area contributed by atoms with Crippen molar-refractivity contribution in [3.05, 3.63) is 12.7 Å². The second kappa shape index (κ2) is 5.85. The summed E-state index contributed by atoms with van der Waals surface area (Å²) >= 11 is 0. The van der Waals surface area contributed by atoms with Crippen LogP contribution in [0.3, 0.4) is 0 Å². The minimum absolute atomic E-state index is 0.0713. The largest absolute Gasteiger partial charge is 0.463 e. The van der Waals surface area contributed by atoms with Gasteiger partial charge in [0.1, 0.15) is 0 Å². The minimum atomic E-state index is -0.391. The molecular weight excluding hydrogens is 232 g/mol. The third-order valence-corrected chi connectivity index (χ3v) is 3.05. The predicted octanol–water partition coefficient (Wildman–Crippen LogP) is 2.53. The highest BCUT2D eigenvalue weighted by Gasteiger charge is 2.37. The molecule has 0 aromatic rings. The van der Waals surface area contributed by atoms with E-state index >= 15 is 0 Å². The molecule has 0 spiro atoms. The van der Waals surface area contributed by atoms with Crippen molar-refractivity contribution in [3.8, 4) is 0 Å². The lowest BCUT2D eigenvalue weighted by molar-refractivity contribution is -0.265. The number of carbonyl (C=O) groups excluding carboxylic acids is 1. The average molecular weight is 256 g/mol. The fraction of sp³-hybridized carbons (Fsp3) is 0.786. The third kappa shape index (κ3) is 4.42. The highest BCUT2D eigenvalue weighted by atomic mass is 16.7. The molecule has 1 aliphatic heterocycles. The van der Waals surface area contributed by atoms with Crippen LogP contribution >= 0.6 is 0 Å². The van der Waals surface area contributed by atoms with Crippen LogP contribution in [0.2, 0.25) is 0 Å². The van der Waals surface area contributed by atoms with Gasteiger partial charge in [0.2, 0.25) is 0 Å². The van der Waals surface area contributed by atoms with Gasteiger partial charge in [-0.15, -0.1) is 0 Å². The Kier molecular flexibility index (Phi) is 4.93. The van der Waals surface area contributed by atoms with Crippen molar-refractivity contribution in [2.24, 2.45) is 10.8 Å². The van der Waals surface area contributed by atoms with Crippen LogP contribution in [-0.2, 0) is 19.0 Å². The molecule has 0 unspecified atom stereocenters. The van der Waals surface area contributed by atoms with E-state index in [1.165, 1.54) is 6.08 Å². The van der Waals surface area contributed by atoms with Gasteiger partial charge in [0, 0.05) is 16.9 Å².